The minimum absolute atomic E-state index is 0.0435. The molecule has 1 aromatic rings. The van der Waals surface area contributed by atoms with Crippen LogP contribution in [0.5, 0.6) is 5.75 Å². The summed E-state index contributed by atoms with van der Waals surface area (Å²) in [4.78, 5) is 11.9. The standard InChI is InChI=1S/C17H28N4O5S/c22-15-10-12(6-7-14(15)21-11-16(23)20-27(21,25)26)8-9-18-17(24)19-13-4-2-1-3-5-13/h6-7,10,13,16,20,22-23,25-26H,1-5,8-9,11H2,(H2,18,19,24). The van der Waals surface area contributed by atoms with Crippen molar-refractivity contribution in [2.75, 3.05) is 17.4 Å². The van der Waals surface area contributed by atoms with Crippen molar-refractivity contribution in [3.05, 3.63) is 23.8 Å². The molecular formula is C17H28N4O5S. The molecule has 0 aromatic heterocycles. The van der Waals surface area contributed by atoms with Gasteiger partial charge in [0.1, 0.15) is 17.7 Å². The molecule has 1 atom stereocenters. The number of hydrogen-bond acceptors (Lipinski definition) is 7. The molecule has 1 heterocycles. The van der Waals surface area contributed by atoms with E-state index in [1.54, 1.807) is 12.1 Å². The van der Waals surface area contributed by atoms with Crippen LogP contribution >= 0.6 is 11.0 Å². The van der Waals surface area contributed by atoms with Crippen LogP contribution in [0.15, 0.2) is 18.2 Å². The van der Waals surface area contributed by atoms with Gasteiger partial charge in [0, 0.05) is 12.6 Å². The molecule has 152 valence electrons. The summed E-state index contributed by atoms with van der Waals surface area (Å²) in [6, 6.07) is 4.92. The number of aliphatic hydroxyl groups is 1. The Morgan fingerprint density at radius 1 is 1.26 bits per heavy atom. The van der Waals surface area contributed by atoms with Crippen LogP contribution in [0.2, 0.25) is 0 Å². The Hall–Kier alpha value is -1.72. The number of phenolic OH excluding ortho intramolecular Hbond substituents is 1. The quantitative estimate of drug-likeness (QED) is 0.401. The molecule has 2 fully saturated rings. The second-order valence-electron chi connectivity index (χ2n) is 7.02. The Morgan fingerprint density at radius 2 is 2.00 bits per heavy atom. The van der Waals surface area contributed by atoms with E-state index in [9.17, 15) is 24.1 Å². The molecule has 0 spiro atoms. The van der Waals surface area contributed by atoms with Crippen molar-refractivity contribution in [1.29, 1.82) is 0 Å². The molecule has 10 heteroatoms. The van der Waals surface area contributed by atoms with Crippen LogP contribution < -0.4 is 19.7 Å². The van der Waals surface area contributed by atoms with Gasteiger partial charge >= 0.3 is 6.03 Å². The highest BCUT2D eigenvalue weighted by atomic mass is 32.3. The predicted octanol–water partition coefficient (Wildman–Crippen LogP) is 1.88. The fourth-order valence-electron chi connectivity index (χ4n) is 3.52. The number of β-amino-alcohol motifs (C(OH)–C–C–N with tert-alkyl or cyclic N) is 1. The third-order valence-corrected chi connectivity index (χ3v) is 6.44. The highest BCUT2D eigenvalue weighted by Crippen LogP contribution is 2.49. The van der Waals surface area contributed by atoms with Gasteiger partial charge in [-0.3, -0.25) is 13.4 Å². The van der Waals surface area contributed by atoms with Crippen molar-refractivity contribution >= 4 is 22.7 Å². The summed E-state index contributed by atoms with van der Waals surface area (Å²) in [5.41, 5.74) is 1.03. The third kappa shape index (κ3) is 5.17. The first kappa shape index (κ1) is 20.0. The van der Waals surface area contributed by atoms with Crippen LogP contribution in [0.25, 0.3) is 0 Å². The number of carbonyl (C=O) groups excluding carboxylic acids is 1. The number of nitrogens with zero attached hydrogens (tertiary/aromatic N) is 1. The monoisotopic (exact) mass is 400 g/mol. The van der Waals surface area contributed by atoms with E-state index in [0.717, 1.165) is 35.6 Å². The van der Waals surface area contributed by atoms with Crippen LogP contribution in [0.4, 0.5) is 10.5 Å². The second-order valence-corrected chi connectivity index (χ2v) is 8.74. The van der Waals surface area contributed by atoms with E-state index in [4.69, 9.17) is 0 Å². The molecule has 9 nitrogen and oxygen atoms in total. The van der Waals surface area contributed by atoms with Gasteiger partial charge in [0.2, 0.25) is 0 Å². The molecule has 2 amide bonds. The molecule has 0 bridgehead atoms. The maximum Gasteiger partial charge on any atom is 0.315 e. The maximum absolute atomic E-state index is 11.9. The number of aliphatic hydroxyl groups excluding tert-OH is 1. The van der Waals surface area contributed by atoms with E-state index in [1.165, 1.54) is 12.5 Å². The first-order valence-electron chi connectivity index (χ1n) is 9.22. The van der Waals surface area contributed by atoms with Gasteiger partial charge in [-0.2, -0.15) is 4.72 Å². The first-order valence-corrected chi connectivity index (χ1v) is 10.7. The predicted molar refractivity (Wildman–Crippen MR) is 105 cm³/mol. The van der Waals surface area contributed by atoms with Gasteiger partial charge in [0.05, 0.1) is 6.54 Å². The van der Waals surface area contributed by atoms with Crippen LogP contribution in [0, 0.1) is 0 Å². The average molecular weight is 401 g/mol. The molecule has 1 aliphatic heterocycles. The first-order chi connectivity index (χ1) is 12.8. The molecule has 2 aliphatic rings. The van der Waals surface area contributed by atoms with E-state index in [2.05, 4.69) is 15.4 Å². The zero-order valence-corrected chi connectivity index (χ0v) is 15.9. The number of nitrogens with one attached hydrogen (secondary N) is 3. The Balaban J connectivity index is 1.50. The Labute approximate surface area is 160 Å². The van der Waals surface area contributed by atoms with Gasteiger partial charge in [-0.1, -0.05) is 36.3 Å². The molecule has 1 aliphatic carbocycles. The number of urea groups is 1. The van der Waals surface area contributed by atoms with Gasteiger partial charge in [-0.15, -0.1) is 0 Å². The Morgan fingerprint density at radius 3 is 2.63 bits per heavy atom. The highest BCUT2D eigenvalue weighted by molar-refractivity contribution is 8.24. The second kappa shape index (κ2) is 8.53. The van der Waals surface area contributed by atoms with Crippen molar-refractivity contribution in [1.82, 2.24) is 15.4 Å². The number of benzene rings is 1. The van der Waals surface area contributed by atoms with Crippen molar-refractivity contribution in [3.63, 3.8) is 0 Å². The zero-order chi connectivity index (χ0) is 19.4. The Bertz CT molecular complexity index is 669. The average Bonchev–Trinajstić information content (AvgIpc) is 2.88. The molecule has 7 N–H and O–H groups in total. The lowest BCUT2D eigenvalue weighted by molar-refractivity contribution is 0.182. The summed E-state index contributed by atoms with van der Waals surface area (Å²) in [6.45, 7) is 0.384. The summed E-state index contributed by atoms with van der Waals surface area (Å²) in [7, 11) is -3.36. The Kier molecular flexibility index (Phi) is 6.33. The minimum Gasteiger partial charge on any atom is -0.506 e. The summed E-state index contributed by atoms with van der Waals surface area (Å²) >= 11 is 0. The van der Waals surface area contributed by atoms with Crippen LogP contribution in [-0.2, 0) is 6.42 Å². The van der Waals surface area contributed by atoms with Gasteiger partial charge in [-0.25, -0.2) is 4.79 Å². The molecular weight excluding hydrogens is 372 g/mol. The summed E-state index contributed by atoms with van der Waals surface area (Å²) < 4.78 is 23.3. The van der Waals surface area contributed by atoms with Gasteiger partial charge < -0.3 is 20.8 Å². The van der Waals surface area contributed by atoms with Gasteiger partial charge in [-0.05, 0) is 37.0 Å². The van der Waals surface area contributed by atoms with Crippen molar-refractivity contribution in [2.45, 2.75) is 50.8 Å². The fraction of sp³-hybridized carbons (Fsp3) is 0.588. The smallest absolute Gasteiger partial charge is 0.315 e. The maximum atomic E-state index is 11.9. The lowest BCUT2D eigenvalue weighted by Crippen LogP contribution is -2.43. The number of aromatic hydroxyl groups is 1. The van der Waals surface area contributed by atoms with E-state index in [1.807, 2.05) is 0 Å². The molecule has 1 saturated carbocycles. The number of anilines is 1. The molecule has 3 rings (SSSR count). The van der Waals surface area contributed by atoms with Crippen molar-refractivity contribution < 1.29 is 24.1 Å². The molecule has 1 aromatic carbocycles. The fourth-order valence-corrected chi connectivity index (χ4v) is 4.86. The molecule has 1 unspecified atom stereocenters. The highest BCUT2D eigenvalue weighted by Gasteiger charge is 2.36. The number of phenols is 1. The molecule has 27 heavy (non-hydrogen) atoms. The minimum atomic E-state index is -3.36. The summed E-state index contributed by atoms with van der Waals surface area (Å²) in [5.74, 6) is -0.116. The lowest BCUT2D eigenvalue weighted by Gasteiger charge is -2.36. The van der Waals surface area contributed by atoms with Crippen molar-refractivity contribution in [2.24, 2.45) is 0 Å². The molecule has 1 saturated heterocycles. The van der Waals surface area contributed by atoms with Crippen LogP contribution in [-0.4, -0.2) is 50.7 Å². The van der Waals surface area contributed by atoms with E-state index >= 15 is 0 Å². The summed E-state index contributed by atoms with van der Waals surface area (Å²) in [6.07, 6.45) is 5.06. The van der Waals surface area contributed by atoms with Crippen molar-refractivity contribution in [3.8, 4) is 5.75 Å². The summed E-state index contributed by atoms with van der Waals surface area (Å²) in [5, 5.41) is 25.6. The normalized spacial score (nSPS) is 23.8. The van der Waals surface area contributed by atoms with Gasteiger partial charge in [0.25, 0.3) is 0 Å². The van der Waals surface area contributed by atoms with E-state index in [0.29, 0.717) is 13.0 Å². The number of amides is 2. The van der Waals surface area contributed by atoms with Gasteiger partial charge in [0.15, 0.2) is 0 Å². The number of carbonyl (C=O) groups is 1. The molecule has 0 radical (unpaired) electrons. The number of hydrogen-bond donors (Lipinski definition) is 7. The SMILES string of the molecule is O=C(NCCc1ccc(N2CC(O)NS2(O)O)c(O)c1)NC1CCCCC1. The topological polar surface area (TPSA) is 137 Å². The zero-order valence-electron chi connectivity index (χ0n) is 15.1. The largest absolute Gasteiger partial charge is 0.506 e. The third-order valence-electron chi connectivity index (χ3n) is 4.89. The lowest BCUT2D eigenvalue weighted by atomic mass is 9.96. The van der Waals surface area contributed by atoms with Crippen LogP contribution in [0.3, 0.4) is 0 Å². The van der Waals surface area contributed by atoms with Crippen LogP contribution in [0.1, 0.15) is 37.7 Å². The van der Waals surface area contributed by atoms with E-state index < -0.39 is 17.2 Å². The van der Waals surface area contributed by atoms with E-state index in [-0.39, 0.29) is 30.1 Å². The number of rotatable bonds is 5.